The highest BCUT2D eigenvalue weighted by Crippen LogP contribution is 2.30. The van der Waals surface area contributed by atoms with Gasteiger partial charge in [-0.2, -0.15) is 0 Å². The van der Waals surface area contributed by atoms with Crippen LogP contribution in [0.1, 0.15) is 53.4 Å². The Bertz CT molecular complexity index is 224. The van der Waals surface area contributed by atoms with Crippen LogP contribution in [-0.2, 0) is 4.79 Å². The fourth-order valence-corrected chi connectivity index (χ4v) is 2.21. The highest BCUT2D eigenvalue weighted by molar-refractivity contribution is 5.81. The van der Waals surface area contributed by atoms with Gasteiger partial charge in [-0.05, 0) is 40.0 Å². The van der Waals surface area contributed by atoms with Gasteiger partial charge in [0.25, 0.3) is 0 Å². The van der Waals surface area contributed by atoms with Crippen molar-refractivity contribution in [1.29, 1.82) is 0 Å². The van der Waals surface area contributed by atoms with Crippen molar-refractivity contribution in [3.8, 4) is 0 Å². The second kappa shape index (κ2) is 6.24. The minimum Gasteiger partial charge on any atom is -0.353 e. The molecule has 1 saturated carbocycles. The van der Waals surface area contributed by atoms with Crippen molar-refractivity contribution < 1.29 is 4.79 Å². The maximum Gasteiger partial charge on any atom is 0.237 e. The molecule has 3 nitrogen and oxygen atoms in total. The maximum absolute atomic E-state index is 11.7. The van der Waals surface area contributed by atoms with E-state index in [2.05, 4.69) is 17.6 Å². The molecule has 0 aromatic heterocycles. The molecule has 1 aliphatic carbocycles. The Labute approximate surface area is 99.4 Å². The van der Waals surface area contributed by atoms with Gasteiger partial charge in [-0.3, -0.25) is 4.79 Å². The molecule has 2 unspecified atom stereocenters. The molecule has 0 aromatic rings. The number of amides is 1. The molecule has 1 aliphatic rings. The first-order chi connectivity index (χ1) is 7.49. The van der Waals surface area contributed by atoms with E-state index in [4.69, 9.17) is 0 Å². The van der Waals surface area contributed by atoms with Gasteiger partial charge in [0.2, 0.25) is 5.91 Å². The average Bonchev–Trinajstić information content (AvgIpc) is 2.10. The average molecular weight is 226 g/mol. The van der Waals surface area contributed by atoms with E-state index in [0.29, 0.717) is 6.04 Å². The standard InChI is InChI=1S/C13H26N2O/c1-9(2)14-13(16)11(4)15-10(3)8-12-6-5-7-12/h9-12,15H,5-8H2,1-4H3,(H,14,16). The molecule has 2 N–H and O–H groups in total. The lowest BCUT2D eigenvalue weighted by Crippen LogP contribution is -2.48. The van der Waals surface area contributed by atoms with Crippen LogP contribution in [0, 0.1) is 5.92 Å². The van der Waals surface area contributed by atoms with Crippen LogP contribution in [0.15, 0.2) is 0 Å². The van der Waals surface area contributed by atoms with Crippen LogP contribution in [0.4, 0.5) is 0 Å². The highest BCUT2D eigenvalue weighted by Gasteiger charge is 2.22. The minimum absolute atomic E-state index is 0.0857. The van der Waals surface area contributed by atoms with Crippen LogP contribution < -0.4 is 10.6 Å². The van der Waals surface area contributed by atoms with E-state index < -0.39 is 0 Å². The third-order valence-corrected chi connectivity index (χ3v) is 3.27. The molecular formula is C13H26N2O. The predicted molar refractivity (Wildman–Crippen MR) is 67.3 cm³/mol. The lowest BCUT2D eigenvalue weighted by atomic mass is 9.81. The van der Waals surface area contributed by atoms with Gasteiger partial charge < -0.3 is 10.6 Å². The van der Waals surface area contributed by atoms with Gasteiger partial charge in [-0.25, -0.2) is 0 Å². The van der Waals surface area contributed by atoms with Crippen molar-refractivity contribution in [2.75, 3.05) is 0 Å². The Morgan fingerprint density at radius 2 is 1.88 bits per heavy atom. The number of hydrogen-bond donors (Lipinski definition) is 2. The lowest BCUT2D eigenvalue weighted by molar-refractivity contribution is -0.123. The largest absolute Gasteiger partial charge is 0.353 e. The van der Waals surface area contributed by atoms with Gasteiger partial charge in [-0.1, -0.05) is 19.3 Å². The molecule has 0 aliphatic heterocycles. The number of carbonyl (C=O) groups is 1. The Kier molecular flexibility index (Phi) is 5.26. The van der Waals surface area contributed by atoms with Crippen LogP contribution in [-0.4, -0.2) is 24.0 Å². The van der Waals surface area contributed by atoms with E-state index in [0.717, 1.165) is 5.92 Å². The van der Waals surface area contributed by atoms with E-state index in [-0.39, 0.29) is 18.0 Å². The number of nitrogens with one attached hydrogen (secondary N) is 2. The summed E-state index contributed by atoms with van der Waals surface area (Å²) >= 11 is 0. The van der Waals surface area contributed by atoms with Crippen LogP contribution in [0.25, 0.3) is 0 Å². The molecule has 94 valence electrons. The molecule has 0 bridgehead atoms. The van der Waals surface area contributed by atoms with E-state index in [1.807, 2.05) is 20.8 Å². The summed E-state index contributed by atoms with van der Waals surface area (Å²) in [6, 6.07) is 0.578. The molecular weight excluding hydrogens is 200 g/mol. The number of carbonyl (C=O) groups excluding carboxylic acids is 1. The fraction of sp³-hybridized carbons (Fsp3) is 0.923. The lowest BCUT2D eigenvalue weighted by Gasteiger charge is -2.29. The van der Waals surface area contributed by atoms with Crippen LogP contribution in [0.5, 0.6) is 0 Å². The molecule has 1 rings (SSSR count). The van der Waals surface area contributed by atoms with Crippen LogP contribution >= 0.6 is 0 Å². The van der Waals surface area contributed by atoms with E-state index in [1.54, 1.807) is 0 Å². The van der Waals surface area contributed by atoms with Crippen molar-refractivity contribution in [1.82, 2.24) is 10.6 Å². The SMILES string of the molecule is CC(C)NC(=O)C(C)NC(C)CC1CCC1. The van der Waals surface area contributed by atoms with E-state index >= 15 is 0 Å². The van der Waals surface area contributed by atoms with Crippen LogP contribution in [0.2, 0.25) is 0 Å². The van der Waals surface area contributed by atoms with Crippen LogP contribution in [0.3, 0.4) is 0 Å². The molecule has 0 spiro atoms. The maximum atomic E-state index is 11.7. The number of hydrogen-bond acceptors (Lipinski definition) is 2. The molecule has 16 heavy (non-hydrogen) atoms. The fourth-order valence-electron chi connectivity index (χ4n) is 2.21. The first-order valence-corrected chi connectivity index (χ1v) is 6.55. The molecule has 0 saturated heterocycles. The number of rotatable bonds is 6. The normalized spacial score (nSPS) is 20.3. The van der Waals surface area contributed by atoms with Crippen molar-refractivity contribution in [2.45, 2.75) is 71.5 Å². The molecule has 1 amide bonds. The Morgan fingerprint density at radius 3 is 2.31 bits per heavy atom. The summed E-state index contributed by atoms with van der Waals surface area (Å²) in [6.45, 7) is 8.09. The first kappa shape index (κ1) is 13.5. The zero-order valence-electron chi connectivity index (χ0n) is 11.0. The van der Waals surface area contributed by atoms with Crippen molar-refractivity contribution in [3.05, 3.63) is 0 Å². The summed E-state index contributed by atoms with van der Waals surface area (Å²) in [5.74, 6) is 0.998. The molecule has 1 fully saturated rings. The van der Waals surface area contributed by atoms with Gasteiger partial charge in [0, 0.05) is 12.1 Å². The van der Waals surface area contributed by atoms with E-state index in [1.165, 1.54) is 25.7 Å². The molecule has 3 heteroatoms. The Balaban J connectivity index is 2.20. The van der Waals surface area contributed by atoms with Gasteiger partial charge in [0.1, 0.15) is 0 Å². The zero-order chi connectivity index (χ0) is 12.1. The summed E-state index contributed by atoms with van der Waals surface area (Å²) in [7, 11) is 0. The van der Waals surface area contributed by atoms with Gasteiger partial charge in [-0.15, -0.1) is 0 Å². The summed E-state index contributed by atoms with van der Waals surface area (Å²) in [5.41, 5.74) is 0. The Hall–Kier alpha value is -0.570. The second-order valence-electron chi connectivity index (χ2n) is 5.49. The summed E-state index contributed by atoms with van der Waals surface area (Å²) < 4.78 is 0. The molecule has 2 atom stereocenters. The molecule has 0 heterocycles. The molecule has 0 aromatic carbocycles. The summed E-state index contributed by atoms with van der Waals surface area (Å²) in [5, 5.41) is 6.30. The van der Waals surface area contributed by atoms with Gasteiger partial charge >= 0.3 is 0 Å². The van der Waals surface area contributed by atoms with Crippen molar-refractivity contribution >= 4 is 5.91 Å². The van der Waals surface area contributed by atoms with Gasteiger partial charge in [0.05, 0.1) is 6.04 Å². The quantitative estimate of drug-likeness (QED) is 0.728. The summed E-state index contributed by atoms with van der Waals surface area (Å²) in [6.07, 6.45) is 5.34. The van der Waals surface area contributed by atoms with Gasteiger partial charge in [0.15, 0.2) is 0 Å². The minimum atomic E-state index is -0.0857. The first-order valence-electron chi connectivity index (χ1n) is 6.55. The monoisotopic (exact) mass is 226 g/mol. The smallest absolute Gasteiger partial charge is 0.237 e. The zero-order valence-corrected chi connectivity index (χ0v) is 11.0. The summed E-state index contributed by atoms with van der Waals surface area (Å²) in [4.78, 5) is 11.7. The molecule has 0 radical (unpaired) electrons. The predicted octanol–water partition coefficient (Wildman–Crippen LogP) is 2.07. The second-order valence-corrected chi connectivity index (χ2v) is 5.49. The Morgan fingerprint density at radius 1 is 1.25 bits per heavy atom. The van der Waals surface area contributed by atoms with Crippen molar-refractivity contribution in [3.63, 3.8) is 0 Å². The third-order valence-electron chi connectivity index (χ3n) is 3.27. The third kappa shape index (κ3) is 4.52. The van der Waals surface area contributed by atoms with E-state index in [9.17, 15) is 4.79 Å². The van der Waals surface area contributed by atoms with Crippen molar-refractivity contribution in [2.24, 2.45) is 5.92 Å². The highest BCUT2D eigenvalue weighted by atomic mass is 16.2. The topological polar surface area (TPSA) is 41.1 Å².